The Hall–Kier alpha value is -0.870. The second kappa shape index (κ2) is 2.82. The molecule has 1 atom stereocenters. The van der Waals surface area contributed by atoms with E-state index in [-0.39, 0.29) is 6.04 Å². The topological polar surface area (TPSA) is 46.2 Å². The highest BCUT2D eigenvalue weighted by Gasteiger charge is 2.27. The molecule has 4 heteroatoms. The molecule has 0 radical (unpaired) electrons. The van der Waals surface area contributed by atoms with Crippen molar-refractivity contribution in [1.29, 1.82) is 0 Å². The van der Waals surface area contributed by atoms with Crippen molar-refractivity contribution < 1.29 is 8.42 Å². The van der Waals surface area contributed by atoms with Gasteiger partial charge in [0.25, 0.3) is 0 Å². The Bertz CT molecular complexity index is 425. The molecule has 0 aliphatic heterocycles. The van der Waals surface area contributed by atoms with Crippen LogP contribution in [-0.2, 0) is 16.4 Å². The van der Waals surface area contributed by atoms with Crippen LogP contribution in [-0.4, -0.2) is 14.7 Å². The highest BCUT2D eigenvalue weighted by atomic mass is 32.2. The van der Waals surface area contributed by atoms with Crippen molar-refractivity contribution in [3.8, 4) is 0 Å². The maximum absolute atomic E-state index is 10.9. The first-order valence-corrected chi connectivity index (χ1v) is 6.00. The van der Waals surface area contributed by atoms with Gasteiger partial charge < -0.3 is 0 Å². The van der Waals surface area contributed by atoms with Crippen molar-refractivity contribution in [1.82, 2.24) is 4.72 Å². The van der Waals surface area contributed by atoms with E-state index in [2.05, 4.69) is 4.72 Å². The highest BCUT2D eigenvalue weighted by Crippen LogP contribution is 2.32. The molecule has 3 nitrogen and oxygen atoms in total. The van der Waals surface area contributed by atoms with Crippen LogP contribution in [0, 0.1) is 0 Å². The standard InChI is InChI=1S/C9H11NO2S/c1-13(11,12)10-9-6-7-4-2-3-5-8(7)9/h2-5,9-10H,6H2,1H3. The van der Waals surface area contributed by atoms with Gasteiger partial charge in [0.05, 0.1) is 12.3 Å². The lowest BCUT2D eigenvalue weighted by atomic mass is 9.84. The second-order valence-corrected chi connectivity index (χ2v) is 5.13. The van der Waals surface area contributed by atoms with Crippen LogP contribution in [0.15, 0.2) is 24.3 Å². The molecule has 0 spiro atoms. The van der Waals surface area contributed by atoms with Gasteiger partial charge in [-0.25, -0.2) is 13.1 Å². The Kier molecular flexibility index (Phi) is 1.89. The Morgan fingerprint density at radius 1 is 1.38 bits per heavy atom. The van der Waals surface area contributed by atoms with Crippen LogP contribution >= 0.6 is 0 Å². The maximum atomic E-state index is 10.9. The van der Waals surface area contributed by atoms with Gasteiger partial charge in [-0.05, 0) is 17.5 Å². The van der Waals surface area contributed by atoms with Gasteiger partial charge in [0.2, 0.25) is 10.0 Å². The summed E-state index contributed by atoms with van der Waals surface area (Å²) in [4.78, 5) is 0. The van der Waals surface area contributed by atoms with E-state index in [0.29, 0.717) is 0 Å². The van der Waals surface area contributed by atoms with Gasteiger partial charge in [-0.15, -0.1) is 0 Å². The molecular weight excluding hydrogens is 186 g/mol. The SMILES string of the molecule is CS(=O)(=O)NC1Cc2ccccc21. The zero-order chi connectivity index (χ0) is 9.47. The van der Waals surface area contributed by atoms with Gasteiger partial charge in [0, 0.05) is 0 Å². The molecule has 0 aromatic heterocycles. The molecule has 0 fully saturated rings. The minimum absolute atomic E-state index is 0.00815. The van der Waals surface area contributed by atoms with E-state index in [1.54, 1.807) is 0 Å². The summed E-state index contributed by atoms with van der Waals surface area (Å²) < 4.78 is 24.5. The number of sulfonamides is 1. The fourth-order valence-corrected chi connectivity index (χ4v) is 2.35. The minimum Gasteiger partial charge on any atom is -0.213 e. The van der Waals surface area contributed by atoms with Gasteiger partial charge in [0.1, 0.15) is 0 Å². The maximum Gasteiger partial charge on any atom is 0.209 e. The van der Waals surface area contributed by atoms with E-state index in [9.17, 15) is 8.42 Å². The van der Waals surface area contributed by atoms with E-state index >= 15 is 0 Å². The predicted molar refractivity (Wildman–Crippen MR) is 50.9 cm³/mol. The molecule has 0 amide bonds. The first kappa shape index (κ1) is 8.72. The van der Waals surface area contributed by atoms with Crippen LogP contribution < -0.4 is 4.72 Å². The Balaban J connectivity index is 2.19. The van der Waals surface area contributed by atoms with Crippen molar-refractivity contribution in [2.75, 3.05) is 6.26 Å². The molecule has 1 aliphatic carbocycles. The molecule has 13 heavy (non-hydrogen) atoms. The van der Waals surface area contributed by atoms with Crippen molar-refractivity contribution in [3.05, 3.63) is 35.4 Å². The van der Waals surface area contributed by atoms with Crippen LogP contribution in [0.5, 0.6) is 0 Å². The summed E-state index contributed by atoms with van der Waals surface area (Å²) in [5.74, 6) is 0. The fourth-order valence-electron chi connectivity index (χ4n) is 1.62. The lowest BCUT2D eigenvalue weighted by Crippen LogP contribution is -2.34. The quantitative estimate of drug-likeness (QED) is 0.763. The summed E-state index contributed by atoms with van der Waals surface area (Å²) in [6.07, 6.45) is 2.00. The molecule has 1 N–H and O–H groups in total. The highest BCUT2D eigenvalue weighted by molar-refractivity contribution is 7.88. The minimum atomic E-state index is -3.08. The number of hydrogen-bond donors (Lipinski definition) is 1. The predicted octanol–water partition coefficient (Wildman–Crippen LogP) is 0.833. The number of hydrogen-bond acceptors (Lipinski definition) is 2. The van der Waals surface area contributed by atoms with E-state index in [4.69, 9.17) is 0 Å². The largest absolute Gasteiger partial charge is 0.213 e. The second-order valence-electron chi connectivity index (χ2n) is 3.35. The summed E-state index contributed by atoms with van der Waals surface area (Å²) in [5, 5.41) is 0. The molecule has 0 heterocycles. The molecule has 70 valence electrons. The van der Waals surface area contributed by atoms with Crippen LogP contribution in [0.25, 0.3) is 0 Å². The van der Waals surface area contributed by atoms with Crippen molar-refractivity contribution in [2.45, 2.75) is 12.5 Å². The normalized spacial score (nSPS) is 20.5. The van der Waals surface area contributed by atoms with E-state index in [0.717, 1.165) is 12.0 Å². The number of rotatable bonds is 2. The van der Waals surface area contributed by atoms with Gasteiger partial charge in [-0.3, -0.25) is 0 Å². The Morgan fingerprint density at radius 2 is 2.08 bits per heavy atom. The molecule has 1 aromatic carbocycles. The third-order valence-electron chi connectivity index (χ3n) is 2.21. The van der Waals surface area contributed by atoms with Crippen molar-refractivity contribution in [2.24, 2.45) is 0 Å². The molecule has 1 unspecified atom stereocenters. The van der Waals surface area contributed by atoms with Crippen molar-refractivity contribution >= 4 is 10.0 Å². The first-order valence-electron chi connectivity index (χ1n) is 4.11. The number of benzene rings is 1. The summed E-state index contributed by atoms with van der Waals surface area (Å²) >= 11 is 0. The number of nitrogens with one attached hydrogen (secondary N) is 1. The average Bonchev–Trinajstić information content (AvgIpc) is 1.99. The monoisotopic (exact) mass is 197 g/mol. The smallest absolute Gasteiger partial charge is 0.209 e. The Labute approximate surface area is 77.8 Å². The van der Waals surface area contributed by atoms with E-state index < -0.39 is 10.0 Å². The zero-order valence-electron chi connectivity index (χ0n) is 7.32. The van der Waals surface area contributed by atoms with E-state index in [1.165, 1.54) is 11.8 Å². The van der Waals surface area contributed by atoms with Crippen LogP contribution in [0.1, 0.15) is 17.2 Å². The first-order chi connectivity index (χ1) is 6.06. The lowest BCUT2D eigenvalue weighted by molar-refractivity contribution is 0.534. The van der Waals surface area contributed by atoms with Crippen molar-refractivity contribution in [3.63, 3.8) is 0 Å². The molecule has 1 aliphatic rings. The third kappa shape index (κ3) is 1.73. The van der Waals surface area contributed by atoms with Gasteiger partial charge >= 0.3 is 0 Å². The molecule has 2 rings (SSSR count). The number of fused-ring (bicyclic) bond motifs is 1. The lowest BCUT2D eigenvalue weighted by Gasteiger charge is -2.29. The summed E-state index contributed by atoms with van der Waals surface area (Å²) in [5.41, 5.74) is 2.34. The van der Waals surface area contributed by atoms with Crippen LogP contribution in [0.3, 0.4) is 0 Å². The summed E-state index contributed by atoms with van der Waals surface area (Å²) in [7, 11) is -3.08. The fraction of sp³-hybridized carbons (Fsp3) is 0.333. The Morgan fingerprint density at radius 3 is 2.69 bits per heavy atom. The van der Waals surface area contributed by atoms with Gasteiger partial charge in [0.15, 0.2) is 0 Å². The summed E-state index contributed by atoms with van der Waals surface area (Å²) in [6.45, 7) is 0. The molecule has 0 saturated carbocycles. The third-order valence-corrected chi connectivity index (χ3v) is 2.92. The molecule has 0 bridgehead atoms. The molecule has 0 saturated heterocycles. The zero-order valence-corrected chi connectivity index (χ0v) is 8.14. The molecule has 1 aromatic rings. The van der Waals surface area contributed by atoms with Gasteiger partial charge in [-0.2, -0.15) is 0 Å². The summed E-state index contributed by atoms with van der Waals surface area (Å²) in [6, 6.07) is 7.87. The molecular formula is C9H11NO2S. The van der Waals surface area contributed by atoms with Crippen LogP contribution in [0.4, 0.5) is 0 Å². The van der Waals surface area contributed by atoms with Crippen LogP contribution in [0.2, 0.25) is 0 Å². The average molecular weight is 197 g/mol. The van der Waals surface area contributed by atoms with E-state index in [1.807, 2.05) is 24.3 Å². The van der Waals surface area contributed by atoms with Gasteiger partial charge in [-0.1, -0.05) is 24.3 Å².